The number of rotatable bonds is 13. The monoisotopic (exact) mass is 467 g/mol. The van der Waals surface area contributed by atoms with Crippen LogP contribution in [0.5, 0.6) is 0 Å². The summed E-state index contributed by atoms with van der Waals surface area (Å²) in [6, 6.07) is 4.64. The average molecular weight is 468 g/mol. The van der Waals surface area contributed by atoms with Crippen LogP contribution in [0.2, 0.25) is 0 Å². The molecule has 0 heterocycles. The normalized spacial score (nSPS) is 14.3. The third-order valence-corrected chi connectivity index (χ3v) is 4.86. The summed E-state index contributed by atoms with van der Waals surface area (Å²) in [7, 11) is 0. The first kappa shape index (κ1) is 26.9. The Morgan fingerprint density at radius 2 is 1.56 bits per heavy atom. The lowest BCUT2D eigenvalue weighted by molar-refractivity contribution is -0.141. The molecule has 1 aromatic rings. The topological polar surface area (TPSA) is 194 Å². The van der Waals surface area contributed by atoms with Gasteiger partial charge in [-0.15, -0.1) is 0 Å². The van der Waals surface area contributed by atoms with Crippen LogP contribution >= 0.6 is 12.6 Å². The molecule has 0 saturated carbocycles. The molecule has 8 N–H and O–H groups in total. The van der Waals surface area contributed by atoms with Gasteiger partial charge < -0.3 is 32.5 Å². The molecule has 0 saturated heterocycles. The van der Waals surface area contributed by atoms with Crippen molar-refractivity contribution >= 4 is 42.2 Å². The number of carbonyl (C=O) groups is 5. The Labute approximate surface area is 191 Å². The molecule has 32 heavy (non-hydrogen) atoms. The highest BCUT2D eigenvalue weighted by molar-refractivity contribution is 7.80. The zero-order valence-corrected chi connectivity index (χ0v) is 18.5. The number of carboxylic acid groups (broad SMARTS) is 1. The number of primary amides is 1. The van der Waals surface area contributed by atoms with Gasteiger partial charge >= 0.3 is 5.97 Å². The van der Waals surface area contributed by atoms with Crippen LogP contribution in [0.3, 0.4) is 0 Å². The van der Waals surface area contributed by atoms with E-state index in [0.717, 1.165) is 5.56 Å². The molecule has 1 aromatic carbocycles. The van der Waals surface area contributed by atoms with Crippen molar-refractivity contribution in [1.82, 2.24) is 16.0 Å². The number of aliphatic carboxylic acids is 1. The highest BCUT2D eigenvalue weighted by Crippen LogP contribution is 2.03. The van der Waals surface area contributed by atoms with Crippen molar-refractivity contribution in [2.45, 2.75) is 50.4 Å². The first-order valence-electron chi connectivity index (χ1n) is 9.87. The zero-order valence-electron chi connectivity index (χ0n) is 17.6. The summed E-state index contributed by atoms with van der Waals surface area (Å²) < 4.78 is 0. The number of benzene rings is 1. The molecule has 1 rings (SSSR count). The van der Waals surface area contributed by atoms with E-state index in [1.165, 1.54) is 6.92 Å². The lowest BCUT2D eigenvalue weighted by Gasteiger charge is -2.23. The minimum atomic E-state index is -1.30. The molecule has 0 spiro atoms. The van der Waals surface area contributed by atoms with E-state index in [9.17, 15) is 24.0 Å². The smallest absolute Gasteiger partial charge is 0.327 e. The second kappa shape index (κ2) is 13.3. The van der Waals surface area contributed by atoms with Crippen molar-refractivity contribution in [3.05, 3.63) is 35.9 Å². The van der Waals surface area contributed by atoms with Gasteiger partial charge in [-0.3, -0.25) is 19.2 Å². The number of hydrogen-bond acceptors (Lipinski definition) is 7. The molecule has 4 amide bonds. The maximum atomic E-state index is 12.5. The van der Waals surface area contributed by atoms with Gasteiger partial charge in [-0.2, -0.15) is 12.6 Å². The Morgan fingerprint density at radius 3 is 2.09 bits per heavy atom. The van der Waals surface area contributed by atoms with Crippen LogP contribution in [0, 0.1) is 0 Å². The molecule has 0 aliphatic rings. The maximum absolute atomic E-state index is 12.5. The molecule has 4 atom stereocenters. The van der Waals surface area contributed by atoms with Crippen molar-refractivity contribution in [3.63, 3.8) is 0 Å². The third-order valence-electron chi connectivity index (χ3n) is 4.50. The number of nitrogens with two attached hydrogens (primary N) is 2. The van der Waals surface area contributed by atoms with E-state index in [2.05, 4.69) is 28.6 Å². The second-order valence-electron chi connectivity index (χ2n) is 7.17. The van der Waals surface area contributed by atoms with E-state index in [1.54, 1.807) is 0 Å². The molecule has 0 fully saturated rings. The second-order valence-corrected chi connectivity index (χ2v) is 7.54. The first-order chi connectivity index (χ1) is 15.0. The van der Waals surface area contributed by atoms with Crippen LogP contribution in [-0.2, 0) is 30.4 Å². The predicted octanol–water partition coefficient (Wildman–Crippen LogP) is -1.69. The summed E-state index contributed by atoms with van der Waals surface area (Å²) in [6.45, 7) is 1.40. The summed E-state index contributed by atoms with van der Waals surface area (Å²) in [5.74, 6) is -4.28. The van der Waals surface area contributed by atoms with Gasteiger partial charge in [0.05, 0.1) is 6.04 Å². The molecule has 0 bridgehead atoms. The zero-order chi connectivity index (χ0) is 24.3. The summed E-state index contributed by atoms with van der Waals surface area (Å²) in [5, 5.41) is 16.2. The first-order valence-corrected chi connectivity index (χ1v) is 10.5. The Balaban J connectivity index is 2.73. The number of carbonyl (C=O) groups excluding carboxylic acids is 4. The van der Waals surface area contributed by atoms with Crippen LogP contribution < -0.4 is 27.4 Å². The summed E-state index contributed by atoms with van der Waals surface area (Å²) in [4.78, 5) is 59.5. The summed E-state index contributed by atoms with van der Waals surface area (Å²) in [6.07, 6.45) is -0.107. The van der Waals surface area contributed by atoms with Crippen molar-refractivity contribution in [3.8, 4) is 0 Å². The molecule has 0 aliphatic carbocycles. The molecular formula is C20H29N5O6S. The van der Waals surface area contributed by atoms with Crippen molar-refractivity contribution in [1.29, 1.82) is 0 Å². The molecule has 12 heteroatoms. The van der Waals surface area contributed by atoms with Gasteiger partial charge in [-0.05, 0) is 25.3 Å². The summed E-state index contributed by atoms with van der Waals surface area (Å²) >= 11 is 3.86. The number of hydrogen-bond donors (Lipinski definition) is 7. The molecule has 0 aliphatic heterocycles. The molecular weight excluding hydrogens is 438 g/mol. The average Bonchev–Trinajstić information content (AvgIpc) is 2.74. The van der Waals surface area contributed by atoms with Gasteiger partial charge in [-0.1, -0.05) is 30.3 Å². The van der Waals surface area contributed by atoms with Crippen LogP contribution in [0.4, 0.5) is 0 Å². The largest absolute Gasteiger partial charge is 0.480 e. The van der Waals surface area contributed by atoms with E-state index < -0.39 is 53.8 Å². The maximum Gasteiger partial charge on any atom is 0.327 e. The quantitative estimate of drug-likeness (QED) is 0.168. The Morgan fingerprint density at radius 1 is 0.969 bits per heavy atom. The van der Waals surface area contributed by atoms with Crippen LogP contribution in [0.1, 0.15) is 25.3 Å². The molecule has 176 valence electrons. The van der Waals surface area contributed by atoms with Crippen LogP contribution in [-0.4, -0.2) is 64.6 Å². The SMILES string of the molecule is CC(NC(=O)C(N)Cc1ccccc1)C(=O)NC(CCC(N)=O)C(=O)NC(CS)C(=O)O. The number of carboxylic acids is 1. The fourth-order valence-corrected chi connectivity index (χ4v) is 2.90. The lowest BCUT2D eigenvalue weighted by atomic mass is 10.1. The van der Waals surface area contributed by atoms with Crippen molar-refractivity contribution in [2.75, 3.05) is 5.75 Å². The van der Waals surface area contributed by atoms with Gasteiger partial charge in [0.15, 0.2) is 0 Å². The highest BCUT2D eigenvalue weighted by Gasteiger charge is 2.28. The molecule has 0 aromatic heterocycles. The van der Waals surface area contributed by atoms with Crippen molar-refractivity contribution < 1.29 is 29.1 Å². The van der Waals surface area contributed by atoms with Gasteiger partial charge in [0.2, 0.25) is 23.6 Å². The fraction of sp³-hybridized carbons (Fsp3) is 0.450. The third kappa shape index (κ3) is 9.35. The van der Waals surface area contributed by atoms with Crippen LogP contribution in [0.25, 0.3) is 0 Å². The van der Waals surface area contributed by atoms with E-state index in [-0.39, 0.29) is 25.0 Å². The van der Waals surface area contributed by atoms with Gasteiger partial charge in [0, 0.05) is 12.2 Å². The Kier molecular flexibility index (Phi) is 11.2. The van der Waals surface area contributed by atoms with E-state index in [0.29, 0.717) is 0 Å². The minimum Gasteiger partial charge on any atom is -0.480 e. The summed E-state index contributed by atoms with van der Waals surface area (Å²) in [5.41, 5.74) is 11.9. The van der Waals surface area contributed by atoms with E-state index in [1.807, 2.05) is 30.3 Å². The van der Waals surface area contributed by atoms with E-state index >= 15 is 0 Å². The minimum absolute atomic E-state index is 0.153. The fourth-order valence-electron chi connectivity index (χ4n) is 2.66. The number of nitrogens with one attached hydrogen (secondary N) is 3. The predicted molar refractivity (Wildman–Crippen MR) is 120 cm³/mol. The van der Waals surface area contributed by atoms with Gasteiger partial charge in [-0.25, -0.2) is 4.79 Å². The van der Waals surface area contributed by atoms with Gasteiger partial charge in [0.25, 0.3) is 0 Å². The number of thiol groups is 1. The Bertz CT molecular complexity index is 822. The molecule has 11 nitrogen and oxygen atoms in total. The molecule has 0 radical (unpaired) electrons. The van der Waals surface area contributed by atoms with Gasteiger partial charge in [0.1, 0.15) is 18.1 Å². The van der Waals surface area contributed by atoms with Crippen LogP contribution in [0.15, 0.2) is 30.3 Å². The lowest BCUT2D eigenvalue weighted by Crippen LogP contribution is -2.56. The van der Waals surface area contributed by atoms with E-state index in [4.69, 9.17) is 16.6 Å². The highest BCUT2D eigenvalue weighted by atomic mass is 32.1. The van der Waals surface area contributed by atoms with Crippen molar-refractivity contribution in [2.24, 2.45) is 11.5 Å². The number of amides is 4. The standard InChI is InChI=1S/C20H29N5O6S/c1-11(23-18(28)13(21)9-12-5-3-2-4-6-12)17(27)24-14(7-8-16(22)26)19(29)25-15(10-32)20(30)31/h2-6,11,13-15,32H,7-10,21H2,1H3,(H2,22,26)(H,23,28)(H,24,27)(H,25,29)(H,30,31). The Hall–Kier alpha value is -3.12. The molecule has 4 unspecified atom stereocenters.